The van der Waals surface area contributed by atoms with Crippen molar-refractivity contribution < 1.29 is 13.9 Å². The number of rotatable bonds is 3. The van der Waals surface area contributed by atoms with Crippen LogP contribution in [0.1, 0.15) is 43.4 Å². The number of Topliss-reactive ketones (excluding diaryl/α,β-unsaturated/α-hetero) is 1. The summed E-state index contributed by atoms with van der Waals surface area (Å²) < 4.78 is 11.3. The van der Waals surface area contributed by atoms with E-state index in [4.69, 9.17) is 14.9 Å². The van der Waals surface area contributed by atoms with Crippen LogP contribution in [0.2, 0.25) is 0 Å². The molecule has 120 valence electrons. The van der Waals surface area contributed by atoms with Gasteiger partial charge >= 0.3 is 0 Å². The van der Waals surface area contributed by atoms with Crippen LogP contribution in [0.25, 0.3) is 0 Å². The Kier molecular flexibility index (Phi) is 4.22. The van der Waals surface area contributed by atoms with Gasteiger partial charge in [-0.3, -0.25) is 4.79 Å². The molecule has 0 bridgehead atoms. The fourth-order valence-electron chi connectivity index (χ4n) is 3.14. The molecule has 0 radical (unpaired) electrons. The van der Waals surface area contributed by atoms with Gasteiger partial charge in [-0.25, -0.2) is 0 Å². The SMILES string of the molecule is CCSc1cc([C@@H]2C(C#N)=C(N)OC3=C2C(=O)CCC3)c(C)o1. The van der Waals surface area contributed by atoms with Gasteiger partial charge in [0.1, 0.15) is 23.2 Å². The lowest BCUT2D eigenvalue weighted by Crippen LogP contribution is -2.27. The molecule has 0 saturated heterocycles. The Morgan fingerprint density at radius 2 is 2.26 bits per heavy atom. The molecule has 2 heterocycles. The lowest BCUT2D eigenvalue weighted by molar-refractivity contribution is -0.116. The van der Waals surface area contributed by atoms with E-state index in [1.54, 1.807) is 11.8 Å². The Labute approximate surface area is 139 Å². The Morgan fingerprint density at radius 1 is 1.48 bits per heavy atom. The van der Waals surface area contributed by atoms with Crippen LogP contribution in [0.5, 0.6) is 0 Å². The van der Waals surface area contributed by atoms with Gasteiger partial charge in [-0.05, 0) is 25.2 Å². The number of allylic oxidation sites excluding steroid dienone is 3. The van der Waals surface area contributed by atoms with E-state index in [9.17, 15) is 10.1 Å². The zero-order valence-corrected chi connectivity index (χ0v) is 14.0. The maximum atomic E-state index is 12.5. The van der Waals surface area contributed by atoms with Crippen LogP contribution in [-0.4, -0.2) is 11.5 Å². The van der Waals surface area contributed by atoms with Crippen LogP contribution in [-0.2, 0) is 9.53 Å². The van der Waals surface area contributed by atoms with Crippen LogP contribution in [0.3, 0.4) is 0 Å². The van der Waals surface area contributed by atoms with Crippen LogP contribution in [0.15, 0.2) is 38.4 Å². The molecular formula is C17H18N2O3S. The van der Waals surface area contributed by atoms with Gasteiger partial charge < -0.3 is 14.9 Å². The van der Waals surface area contributed by atoms with Crippen molar-refractivity contribution >= 4 is 17.5 Å². The molecule has 0 saturated carbocycles. The van der Waals surface area contributed by atoms with E-state index < -0.39 is 5.92 Å². The van der Waals surface area contributed by atoms with Crippen LogP contribution < -0.4 is 5.73 Å². The maximum absolute atomic E-state index is 12.5. The fraction of sp³-hybridized carbons (Fsp3) is 0.412. The summed E-state index contributed by atoms with van der Waals surface area (Å²) in [5.74, 6) is 1.84. The summed E-state index contributed by atoms with van der Waals surface area (Å²) in [7, 11) is 0. The average molecular weight is 330 g/mol. The quantitative estimate of drug-likeness (QED) is 0.853. The first-order valence-corrected chi connectivity index (χ1v) is 8.62. The molecule has 23 heavy (non-hydrogen) atoms. The highest BCUT2D eigenvalue weighted by molar-refractivity contribution is 7.99. The number of aryl methyl sites for hydroxylation is 1. The number of ketones is 1. The molecule has 6 heteroatoms. The fourth-order valence-corrected chi connectivity index (χ4v) is 3.81. The predicted octanol–water partition coefficient (Wildman–Crippen LogP) is 3.51. The van der Waals surface area contributed by atoms with Crippen molar-refractivity contribution in [3.8, 4) is 6.07 Å². The van der Waals surface area contributed by atoms with Crippen LogP contribution >= 0.6 is 11.8 Å². The minimum atomic E-state index is -0.480. The van der Waals surface area contributed by atoms with Crippen molar-refractivity contribution in [3.63, 3.8) is 0 Å². The highest BCUT2D eigenvalue weighted by Gasteiger charge is 2.39. The van der Waals surface area contributed by atoms with E-state index >= 15 is 0 Å². The number of carbonyl (C=O) groups is 1. The second kappa shape index (κ2) is 6.17. The first-order chi connectivity index (χ1) is 11.1. The van der Waals surface area contributed by atoms with E-state index in [2.05, 4.69) is 6.07 Å². The molecule has 1 aromatic heterocycles. The third-order valence-electron chi connectivity index (χ3n) is 4.14. The third kappa shape index (κ3) is 2.66. The Hall–Kier alpha value is -2.13. The minimum Gasteiger partial charge on any atom is -0.455 e. The van der Waals surface area contributed by atoms with E-state index in [-0.39, 0.29) is 17.2 Å². The lowest BCUT2D eigenvalue weighted by atomic mass is 9.78. The van der Waals surface area contributed by atoms with Crippen molar-refractivity contribution in [1.29, 1.82) is 5.26 Å². The number of hydrogen-bond acceptors (Lipinski definition) is 6. The van der Waals surface area contributed by atoms with Crippen molar-refractivity contribution in [2.75, 3.05) is 5.75 Å². The second-order valence-corrected chi connectivity index (χ2v) is 6.82. The summed E-state index contributed by atoms with van der Waals surface area (Å²) in [6, 6.07) is 4.03. The first-order valence-electron chi connectivity index (χ1n) is 7.63. The molecular weight excluding hydrogens is 312 g/mol. The molecule has 2 N–H and O–H groups in total. The summed E-state index contributed by atoms with van der Waals surface area (Å²) in [5, 5.41) is 10.3. The largest absolute Gasteiger partial charge is 0.455 e. The monoisotopic (exact) mass is 330 g/mol. The lowest BCUT2D eigenvalue weighted by Gasteiger charge is -2.30. The van der Waals surface area contributed by atoms with Gasteiger partial charge in [-0.2, -0.15) is 5.26 Å². The highest BCUT2D eigenvalue weighted by Crippen LogP contribution is 2.45. The van der Waals surface area contributed by atoms with Crippen molar-refractivity contribution in [2.45, 2.75) is 44.1 Å². The van der Waals surface area contributed by atoms with Crippen molar-refractivity contribution in [3.05, 3.63) is 40.2 Å². The van der Waals surface area contributed by atoms with Crippen LogP contribution in [0, 0.1) is 18.3 Å². The summed E-state index contributed by atoms with van der Waals surface area (Å²) in [5.41, 5.74) is 7.62. The summed E-state index contributed by atoms with van der Waals surface area (Å²) >= 11 is 1.58. The second-order valence-electron chi connectivity index (χ2n) is 5.55. The number of thioether (sulfide) groups is 1. The van der Waals surface area contributed by atoms with Gasteiger partial charge in [-0.15, -0.1) is 0 Å². The molecule has 0 unspecified atom stereocenters. The Balaban J connectivity index is 2.15. The standard InChI is InChI=1S/C17H18N2O3S/c1-3-23-14-7-10(9(2)21-14)15-11(8-18)17(19)22-13-6-4-5-12(20)16(13)15/h7,15H,3-6,19H2,1-2H3/t15-/m1/s1. The molecule has 5 nitrogen and oxygen atoms in total. The molecule has 1 aliphatic heterocycles. The maximum Gasteiger partial charge on any atom is 0.205 e. The molecule has 1 atom stereocenters. The summed E-state index contributed by atoms with van der Waals surface area (Å²) in [6.45, 7) is 3.89. The minimum absolute atomic E-state index is 0.0294. The van der Waals surface area contributed by atoms with Gasteiger partial charge in [0.15, 0.2) is 10.9 Å². The number of hydrogen-bond donors (Lipinski definition) is 1. The first kappa shape index (κ1) is 15.8. The zero-order valence-electron chi connectivity index (χ0n) is 13.1. The number of ether oxygens (including phenoxy) is 1. The number of furan rings is 1. The zero-order chi connectivity index (χ0) is 16.6. The van der Waals surface area contributed by atoms with Crippen molar-refractivity contribution in [2.24, 2.45) is 5.73 Å². The number of nitriles is 1. The molecule has 2 aliphatic rings. The molecule has 3 rings (SSSR count). The number of carbonyl (C=O) groups excluding carboxylic acids is 1. The highest BCUT2D eigenvalue weighted by atomic mass is 32.2. The molecule has 0 fully saturated rings. The van der Waals surface area contributed by atoms with E-state index in [0.717, 1.165) is 22.8 Å². The van der Waals surface area contributed by atoms with E-state index in [1.807, 2.05) is 19.9 Å². The van der Waals surface area contributed by atoms with Gasteiger partial charge in [0.05, 0.1) is 5.92 Å². The average Bonchev–Trinajstić information content (AvgIpc) is 2.87. The van der Waals surface area contributed by atoms with E-state index in [0.29, 0.717) is 29.9 Å². The summed E-state index contributed by atoms with van der Waals surface area (Å²) in [6.07, 6.45) is 1.90. The van der Waals surface area contributed by atoms with Gasteiger partial charge in [-0.1, -0.05) is 18.7 Å². The van der Waals surface area contributed by atoms with Gasteiger partial charge in [0, 0.05) is 24.0 Å². The molecule has 1 aromatic rings. The smallest absolute Gasteiger partial charge is 0.205 e. The topological polar surface area (TPSA) is 89.3 Å². The normalized spacial score (nSPS) is 21.1. The van der Waals surface area contributed by atoms with Crippen LogP contribution in [0.4, 0.5) is 0 Å². The third-order valence-corrected chi connectivity index (χ3v) is 4.91. The van der Waals surface area contributed by atoms with Gasteiger partial charge in [0.2, 0.25) is 5.88 Å². The number of nitrogens with two attached hydrogens (primary N) is 1. The Bertz CT molecular complexity index is 767. The van der Waals surface area contributed by atoms with Crippen molar-refractivity contribution in [1.82, 2.24) is 0 Å². The molecule has 1 aliphatic carbocycles. The van der Waals surface area contributed by atoms with Gasteiger partial charge in [0.25, 0.3) is 0 Å². The van der Waals surface area contributed by atoms with E-state index in [1.165, 1.54) is 0 Å². The molecule has 0 aromatic carbocycles. The molecule has 0 amide bonds. The molecule has 0 spiro atoms. The summed E-state index contributed by atoms with van der Waals surface area (Å²) in [4.78, 5) is 12.5. The predicted molar refractivity (Wildman–Crippen MR) is 86.4 cm³/mol. The number of nitrogens with zero attached hydrogens (tertiary/aromatic N) is 1. The Morgan fingerprint density at radius 3 is 2.96 bits per heavy atom.